The summed E-state index contributed by atoms with van der Waals surface area (Å²) in [4.78, 5) is 2.25. The average Bonchev–Trinajstić information content (AvgIpc) is 2.46. The molecular formula is C15H25ClN2O2. The highest BCUT2D eigenvalue weighted by molar-refractivity contribution is 6.33. The minimum absolute atomic E-state index is 0.690. The lowest BCUT2D eigenvalue weighted by Gasteiger charge is -2.26. The smallest absolute Gasteiger partial charge is 0.0642 e. The third-order valence-electron chi connectivity index (χ3n) is 3.13. The van der Waals surface area contributed by atoms with E-state index in [1.54, 1.807) is 14.2 Å². The Labute approximate surface area is 127 Å². The van der Waals surface area contributed by atoms with Gasteiger partial charge in [0.2, 0.25) is 0 Å². The minimum atomic E-state index is 0.690. The molecule has 1 aromatic rings. The van der Waals surface area contributed by atoms with Crippen LogP contribution in [0.3, 0.4) is 0 Å². The number of likely N-dealkylation sites (N-methyl/N-ethyl adjacent to an activating group) is 1. The predicted octanol–water partition coefficient (Wildman–Crippen LogP) is 2.55. The molecule has 0 radical (unpaired) electrons. The fraction of sp³-hybridized carbons (Fsp3) is 0.600. The summed E-state index contributed by atoms with van der Waals surface area (Å²) in [6.07, 6.45) is 0. The molecule has 0 unspecified atom stereocenters. The van der Waals surface area contributed by atoms with Crippen molar-refractivity contribution in [3.8, 4) is 0 Å². The van der Waals surface area contributed by atoms with E-state index in [-0.39, 0.29) is 0 Å². The molecule has 4 nitrogen and oxygen atoms in total. The van der Waals surface area contributed by atoms with Gasteiger partial charge >= 0.3 is 0 Å². The predicted molar refractivity (Wildman–Crippen MR) is 84.8 cm³/mol. The minimum Gasteiger partial charge on any atom is -0.383 e. The largest absolute Gasteiger partial charge is 0.383 e. The van der Waals surface area contributed by atoms with Crippen molar-refractivity contribution in [2.24, 2.45) is 0 Å². The van der Waals surface area contributed by atoms with E-state index in [4.69, 9.17) is 21.1 Å². The fourth-order valence-corrected chi connectivity index (χ4v) is 2.40. The molecule has 0 aliphatic heterocycles. The van der Waals surface area contributed by atoms with Gasteiger partial charge in [0.05, 0.1) is 23.9 Å². The van der Waals surface area contributed by atoms with Gasteiger partial charge in [0.1, 0.15) is 0 Å². The van der Waals surface area contributed by atoms with Crippen LogP contribution in [-0.4, -0.2) is 47.1 Å². The van der Waals surface area contributed by atoms with E-state index in [0.29, 0.717) is 13.2 Å². The average molecular weight is 301 g/mol. The molecule has 0 bridgehead atoms. The maximum atomic E-state index is 6.39. The Morgan fingerprint density at radius 3 is 2.60 bits per heavy atom. The number of para-hydroxylation sites is 1. The third kappa shape index (κ3) is 5.29. The molecular weight excluding hydrogens is 276 g/mol. The van der Waals surface area contributed by atoms with Gasteiger partial charge in [-0.05, 0) is 18.6 Å². The van der Waals surface area contributed by atoms with Crippen LogP contribution in [0.25, 0.3) is 0 Å². The molecule has 20 heavy (non-hydrogen) atoms. The Morgan fingerprint density at radius 2 is 1.95 bits per heavy atom. The first-order valence-corrected chi connectivity index (χ1v) is 7.33. The van der Waals surface area contributed by atoms with Gasteiger partial charge in [0.25, 0.3) is 0 Å². The van der Waals surface area contributed by atoms with Crippen molar-refractivity contribution in [1.29, 1.82) is 0 Å². The Kier molecular flexibility index (Phi) is 8.62. The van der Waals surface area contributed by atoms with Crippen LogP contribution in [0.4, 0.5) is 5.69 Å². The number of nitrogens with one attached hydrogen (secondary N) is 1. The van der Waals surface area contributed by atoms with Crippen LogP contribution in [0.5, 0.6) is 0 Å². The number of ether oxygens (including phenoxy) is 2. The lowest BCUT2D eigenvalue weighted by molar-refractivity contribution is 0.199. The first kappa shape index (κ1) is 17.2. The quantitative estimate of drug-likeness (QED) is 0.673. The van der Waals surface area contributed by atoms with Gasteiger partial charge in [-0.25, -0.2) is 0 Å². The van der Waals surface area contributed by atoms with Gasteiger partial charge in [0.15, 0.2) is 0 Å². The zero-order chi connectivity index (χ0) is 14.8. The highest BCUT2D eigenvalue weighted by atomic mass is 35.5. The zero-order valence-corrected chi connectivity index (χ0v) is 13.4. The number of hydrogen-bond donors (Lipinski definition) is 1. The van der Waals surface area contributed by atoms with E-state index < -0.39 is 0 Å². The van der Waals surface area contributed by atoms with Crippen LogP contribution in [0.2, 0.25) is 5.02 Å². The topological polar surface area (TPSA) is 33.7 Å². The molecule has 0 fully saturated rings. The van der Waals surface area contributed by atoms with Crippen LogP contribution < -0.4 is 10.2 Å². The molecule has 0 saturated carbocycles. The second kappa shape index (κ2) is 10.00. The standard InChI is InChI=1S/C15H25ClN2O2/c1-4-18(9-11-20-3)15-13(6-5-7-14(15)16)12-17-8-10-19-2/h5-7,17H,4,8-12H2,1-3H3. The number of hydrogen-bond acceptors (Lipinski definition) is 4. The van der Waals surface area contributed by atoms with Crippen molar-refractivity contribution in [2.45, 2.75) is 13.5 Å². The summed E-state index contributed by atoms with van der Waals surface area (Å²) in [7, 11) is 3.42. The lowest BCUT2D eigenvalue weighted by atomic mass is 10.1. The molecule has 0 aliphatic rings. The van der Waals surface area contributed by atoms with Crippen LogP contribution in [-0.2, 0) is 16.0 Å². The van der Waals surface area contributed by atoms with E-state index in [1.807, 2.05) is 12.1 Å². The summed E-state index contributed by atoms with van der Waals surface area (Å²) in [5.74, 6) is 0. The Hall–Kier alpha value is -0.810. The first-order chi connectivity index (χ1) is 9.74. The molecule has 5 heteroatoms. The maximum Gasteiger partial charge on any atom is 0.0642 e. The van der Waals surface area contributed by atoms with E-state index in [0.717, 1.165) is 36.9 Å². The molecule has 1 aromatic carbocycles. The van der Waals surface area contributed by atoms with Crippen LogP contribution >= 0.6 is 11.6 Å². The van der Waals surface area contributed by atoms with Gasteiger partial charge in [-0.15, -0.1) is 0 Å². The summed E-state index contributed by atoms with van der Waals surface area (Å²) >= 11 is 6.39. The Balaban J connectivity index is 2.80. The Bertz CT molecular complexity index is 388. The van der Waals surface area contributed by atoms with Crippen LogP contribution in [0.1, 0.15) is 12.5 Å². The van der Waals surface area contributed by atoms with Crippen molar-refractivity contribution in [2.75, 3.05) is 52.0 Å². The molecule has 0 amide bonds. The summed E-state index contributed by atoms with van der Waals surface area (Å²) in [6, 6.07) is 6.03. The second-order valence-electron chi connectivity index (χ2n) is 4.49. The summed E-state index contributed by atoms with van der Waals surface area (Å²) in [5.41, 5.74) is 2.30. The summed E-state index contributed by atoms with van der Waals surface area (Å²) in [5, 5.41) is 4.15. The van der Waals surface area contributed by atoms with E-state index >= 15 is 0 Å². The van der Waals surface area contributed by atoms with Gasteiger partial charge in [0, 0.05) is 40.4 Å². The molecule has 0 saturated heterocycles. The molecule has 114 valence electrons. The van der Waals surface area contributed by atoms with Crippen molar-refractivity contribution >= 4 is 17.3 Å². The highest BCUT2D eigenvalue weighted by Gasteiger charge is 2.13. The van der Waals surface area contributed by atoms with Crippen LogP contribution in [0.15, 0.2) is 18.2 Å². The van der Waals surface area contributed by atoms with Gasteiger partial charge < -0.3 is 19.7 Å². The fourth-order valence-electron chi connectivity index (χ4n) is 2.08. The molecule has 0 aromatic heterocycles. The van der Waals surface area contributed by atoms with E-state index in [2.05, 4.69) is 23.2 Å². The van der Waals surface area contributed by atoms with Crippen molar-refractivity contribution in [1.82, 2.24) is 5.32 Å². The number of anilines is 1. The monoisotopic (exact) mass is 300 g/mol. The third-order valence-corrected chi connectivity index (χ3v) is 3.44. The molecule has 1 N–H and O–H groups in total. The van der Waals surface area contributed by atoms with Gasteiger partial charge in [-0.1, -0.05) is 23.7 Å². The zero-order valence-electron chi connectivity index (χ0n) is 12.6. The molecule has 0 heterocycles. The summed E-state index contributed by atoms with van der Waals surface area (Å²) < 4.78 is 10.2. The Morgan fingerprint density at radius 1 is 1.20 bits per heavy atom. The van der Waals surface area contributed by atoms with Crippen LogP contribution in [0, 0.1) is 0 Å². The maximum absolute atomic E-state index is 6.39. The lowest BCUT2D eigenvalue weighted by Crippen LogP contribution is -2.29. The molecule has 0 spiro atoms. The SMILES string of the molecule is CCN(CCOC)c1c(Cl)cccc1CNCCOC. The normalized spacial score (nSPS) is 10.8. The first-order valence-electron chi connectivity index (χ1n) is 6.95. The van der Waals surface area contributed by atoms with Crippen molar-refractivity contribution in [3.05, 3.63) is 28.8 Å². The number of methoxy groups -OCH3 is 2. The highest BCUT2D eigenvalue weighted by Crippen LogP contribution is 2.29. The number of nitrogens with zero attached hydrogens (tertiary/aromatic N) is 1. The number of halogens is 1. The van der Waals surface area contributed by atoms with Crippen molar-refractivity contribution in [3.63, 3.8) is 0 Å². The van der Waals surface area contributed by atoms with E-state index in [1.165, 1.54) is 5.56 Å². The number of benzene rings is 1. The van der Waals surface area contributed by atoms with E-state index in [9.17, 15) is 0 Å². The van der Waals surface area contributed by atoms with Gasteiger partial charge in [-0.3, -0.25) is 0 Å². The van der Waals surface area contributed by atoms with Crippen molar-refractivity contribution < 1.29 is 9.47 Å². The van der Waals surface area contributed by atoms with Gasteiger partial charge in [-0.2, -0.15) is 0 Å². The summed E-state index contributed by atoms with van der Waals surface area (Å²) in [6.45, 7) is 6.86. The number of rotatable bonds is 10. The molecule has 0 atom stereocenters. The molecule has 0 aliphatic carbocycles. The second-order valence-corrected chi connectivity index (χ2v) is 4.90. The molecule has 1 rings (SSSR count).